The molecule has 1 aliphatic rings. The number of carbonyl (C=O) groups excluding carboxylic acids is 2. The van der Waals surface area contributed by atoms with Gasteiger partial charge in [-0.2, -0.15) is 0 Å². The highest BCUT2D eigenvalue weighted by Gasteiger charge is 2.36. The molecule has 124 valence electrons. The summed E-state index contributed by atoms with van der Waals surface area (Å²) in [4.78, 5) is 30.4. The Morgan fingerprint density at radius 1 is 1.33 bits per heavy atom. The van der Waals surface area contributed by atoms with Gasteiger partial charge < -0.3 is 10.2 Å². The highest BCUT2D eigenvalue weighted by Crippen LogP contribution is 2.31. The second kappa shape index (κ2) is 7.01. The minimum atomic E-state index is -0.382. The molecule has 6 heteroatoms. The maximum Gasteiger partial charge on any atom is 0.227 e. The number of para-hydroxylation sites is 1. The van der Waals surface area contributed by atoms with Gasteiger partial charge in [0.15, 0.2) is 0 Å². The van der Waals surface area contributed by atoms with Crippen LogP contribution < -0.4 is 10.2 Å². The minimum absolute atomic E-state index is 0.0859. The van der Waals surface area contributed by atoms with Crippen LogP contribution in [0.15, 0.2) is 48.8 Å². The maximum atomic E-state index is 12.5. The Morgan fingerprint density at radius 2 is 2.12 bits per heavy atom. The van der Waals surface area contributed by atoms with Crippen LogP contribution in [0.5, 0.6) is 0 Å². The van der Waals surface area contributed by atoms with Crippen LogP contribution in [0.25, 0.3) is 0 Å². The molecule has 1 aromatic heterocycles. The van der Waals surface area contributed by atoms with Gasteiger partial charge >= 0.3 is 0 Å². The Balaban J connectivity index is 1.67. The van der Waals surface area contributed by atoms with E-state index in [2.05, 4.69) is 10.3 Å². The summed E-state index contributed by atoms with van der Waals surface area (Å²) in [6.07, 6.45) is 3.60. The lowest BCUT2D eigenvalue weighted by molar-refractivity contribution is -0.126. The molecule has 2 atom stereocenters. The summed E-state index contributed by atoms with van der Waals surface area (Å²) >= 11 is 6.16. The molecule has 3 rings (SSSR count). The SMILES string of the molecule is C[C@H](NC(=O)[C@H]1CC(=O)N(c2ccccc2Cl)C1)c1cccnc1. The van der Waals surface area contributed by atoms with Crippen molar-refractivity contribution in [2.75, 3.05) is 11.4 Å². The fraction of sp³-hybridized carbons (Fsp3) is 0.278. The molecule has 2 aromatic rings. The highest BCUT2D eigenvalue weighted by atomic mass is 35.5. The third-order valence-corrected chi connectivity index (χ3v) is 4.50. The van der Waals surface area contributed by atoms with Crippen molar-refractivity contribution in [3.8, 4) is 0 Å². The van der Waals surface area contributed by atoms with Crippen LogP contribution in [0, 0.1) is 5.92 Å². The van der Waals surface area contributed by atoms with Crippen LogP contribution in [0.2, 0.25) is 5.02 Å². The summed E-state index contributed by atoms with van der Waals surface area (Å²) in [6.45, 7) is 2.24. The molecule has 1 saturated heterocycles. The number of nitrogens with zero attached hydrogens (tertiary/aromatic N) is 2. The maximum absolute atomic E-state index is 12.5. The molecule has 24 heavy (non-hydrogen) atoms. The third kappa shape index (κ3) is 3.41. The molecule has 5 nitrogen and oxygen atoms in total. The van der Waals surface area contributed by atoms with Crippen molar-refractivity contribution >= 4 is 29.1 Å². The van der Waals surface area contributed by atoms with E-state index in [1.165, 1.54) is 0 Å². The fourth-order valence-corrected chi connectivity index (χ4v) is 3.07. The van der Waals surface area contributed by atoms with Gasteiger partial charge in [0.25, 0.3) is 0 Å². The van der Waals surface area contributed by atoms with E-state index in [9.17, 15) is 9.59 Å². The Kier molecular flexibility index (Phi) is 4.81. The number of benzene rings is 1. The van der Waals surface area contributed by atoms with Crippen molar-refractivity contribution in [2.24, 2.45) is 5.92 Å². The second-order valence-electron chi connectivity index (χ2n) is 5.87. The summed E-state index contributed by atoms with van der Waals surface area (Å²) in [5, 5.41) is 3.46. The largest absolute Gasteiger partial charge is 0.349 e. The lowest BCUT2D eigenvalue weighted by atomic mass is 10.1. The number of aromatic nitrogens is 1. The van der Waals surface area contributed by atoms with Gasteiger partial charge in [-0.3, -0.25) is 14.6 Å². The predicted octanol–water partition coefficient (Wildman–Crippen LogP) is 2.97. The zero-order valence-corrected chi connectivity index (χ0v) is 14.0. The Labute approximate surface area is 145 Å². The normalized spacial score (nSPS) is 18.5. The van der Waals surface area contributed by atoms with Crippen LogP contribution in [0.3, 0.4) is 0 Å². The van der Waals surface area contributed by atoms with Gasteiger partial charge in [-0.05, 0) is 30.7 Å². The molecule has 0 radical (unpaired) electrons. The summed E-state index contributed by atoms with van der Waals surface area (Å²) in [5.41, 5.74) is 1.58. The number of anilines is 1. The number of hydrogen-bond donors (Lipinski definition) is 1. The number of hydrogen-bond acceptors (Lipinski definition) is 3. The van der Waals surface area contributed by atoms with E-state index in [0.29, 0.717) is 17.3 Å². The molecule has 1 N–H and O–H groups in total. The number of carbonyl (C=O) groups is 2. The molecule has 1 aromatic carbocycles. The average Bonchev–Trinajstić information content (AvgIpc) is 2.98. The van der Waals surface area contributed by atoms with Crippen molar-refractivity contribution in [1.82, 2.24) is 10.3 Å². The predicted molar refractivity (Wildman–Crippen MR) is 92.7 cm³/mol. The molecular weight excluding hydrogens is 326 g/mol. The summed E-state index contributed by atoms with van der Waals surface area (Å²) in [6, 6.07) is 10.7. The lowest BCUT2D eigenvalue weighted by Gasteiger charge is -2.19. The van der Waals surface area contributed by atoms with Gasteiger partial charge in [0.05, 0.1) is 22.7 Å². The van der Waals surface area contributed by atoms with Gasteiger partial charge in [-0.1, -0.05) is 29.8 Å². The Hall–Kier alpha value is -2.40. The van der Waals surface area contributed by atoms with E-state index in [1.807, 2.05) is 31.2 Å². The van der Waals surface area contributed by atoms with Crippen molar-refractivity contribution in [2.45, 2.75) is 19.4 Å². The molecule has 1 aliphatic heterocycles. The van der Waals surface area contributed by atoms with Crippen molar-refractivity contribution in [3.63, 3.8) is 0 Å². The smallest absolute Gasteiger partial charge is 0.227 e. The van der Waals surface area contributed by atoms with Crippen LogP contribution >= 0.6 is 11.6 Å². The van der Waals surface area contributed by atoms with Gasteiger partial charge in [-0.15, -0.1) is 0 Å². The van der Waals surface area contributed by atoms with Crippen molar-refractivity contribution in [1.29, 1.82) is 0 Å². The van der Waals surface area contributed by atoms with Gasteiger partial charge in [0.1, 0.15) is 0 Å². The van der Waals surface area contributed by atoms with Crippen LogP contribution in [0.4, 0.5) is 5.69 Å². The number of amides is 2. The van der Waals surface area contributed by atoms with Crippen molar-refractivity contribution < 1.29 is 9.59 Å². The average molecular weight is 344 g/mol. The number of pyridine rings is 1. The molecule has 0 spiro atoms. The van der Waals surface area contributed by atoms with Gasteiger partial charge in [-0.25, -0.2) is 0 Å². The summed E-state index contributed by atoms with van der Waals surface area (Å²) in [5.74, 6) is -0.598. The van der Waals surface area contributed by atoms with Crippen LogP contribution in [-0.2, 0) is 9.59 Å². The van der Waals surface area contributed by atoms with E-state index in [0.717, 1.165) is 5.56 Å². The minimum Gasteiger partial charge on any atom is -0.349 e. The first-order valence-electron chi connectivity index (χ1n) is 7.81. The van der Waals surface area contributed by atoms with E-state index >= 15 is 0 Å². The molecule has 0 saturated carbocycles. The fourth-order valence-electron chi connectivity index (χ4n) is 2.83. The Morgan fingerprint density at radius 3 is 2.83 bits per heavy atom. The molecule has 1 fully saturated rings. The Bertz CT molecular complexity index is 751. The highest BCUT2D eigenvalue weighted by molar-refractivity contribution is 6.33. The number of nitrogens with one attached hydrogen (secondary N) is 1. The van der Waals surface area contributed by atoms with Crippen LogP contribution in [0.1, 0.15) is 24.9 Å². The first-order valence-corrected chi connectivity index (χ1v) is 8.19. The summed E-state index contributed by atoms with van der Waals surface area (Å²) < 4.78 is 0. The molecular formula is C18H18ClN3O2. The molecule has 2 amide bonds. The van der Waals surface area contributed by atoms with Gasteiger partial charge in [0.2, 0.25) is 11.8 Å². The number of halogens is 1. The monoisotopic (exact) mass is 343 g/mol. The first-order chi connectivity index (χ1) is 11.6. The molecule has 2 heterocycles. The van der Waals surface area contributed by atoms with E-state index in [4.69, 9.17) is 11.6 Å². The topological polar surface area (TPSA) is 62.3 Å². The number of rotatable bonds is 4. The quantitative estimate of drug-likeness (QED) is 0.928. The second-order valence-corrected chi connectivity index (χ2v) is 6.28. The molecule has 0 bridgehead atoms. The van der Waals surface area contributed by atoms with E-state index in [-0.39, 0.29) is 30.2 Å². The summed E-state index contributed by atoms with van der Waals surface area (Å²) in [7, 11) is 0. The lowest BCUT2D eigenvalue weighted by Crippen LogP contribution is -2.34. The standard InChI is InChI=1S/C18H18ClN3O2/c1-12(13-5-4-8-20-10-13)21-18(24)14-9-17(23)22(11-14)16-7-3-2-6-15(16)19/h2-8,10,12,14H,9,11H2,1H3,(H,21,24)/t12-,14-/m0/s1. The van der Waals surface area contributed by atoms with Gasteiger partial charge in [0, 0.05) is 25.4 Å². The zero-order valence-electron chi connectivity index (χ0n) is 13.3. The third-order valence-electron chi connectivity index (χ3n) is 4.18. The zero-order chi connectivity index (χ0) is 17.1. The molecule has 0 unspecified atom stereocenters. The molecule has 0 aliphatic carbocycles. The van der Waals surface area contributed by atoms with Crippen molar-refractivity contribution in [3.05, 3.63) is 59.4 Å². The first kappa shape index (κ1) is 16.5. The van der Waals surface area contributed by atoms with E-state index in [1.54, 1.807) is 29.4 Å². The van der Waals surface area contributed by atoms with E-state index < -0.39 is 0 Å². The van der Waals surface area contributed by atoms with Crippen LogP contribution in [-0.4, -0.2) is 23.3 Å².